The van der Waals surface area contributed by atoms with E-state index in [2.05, 4.69) is 10.8 Å². The third-order valence-corrected chi connectivity index (χ3v) is 4.34. The normalized spacial score (nSPS) is 11.5. The Balaban J connectivity index is 2.31. The summed E-state index contributed by atoms with van der Waals surface area (Å²) in [6.45, 7) is 2.13. The average molecular weight is 364 g/mol. The summed E-state index contributed by atoms with van der Waals surface area (Å²) in [5.74, 6) is -11.0. The van der Waals surface area contributed by atoms with Crippen molar-refractivity contribution in [2.24, 2.45) is 0 Å². The van der Waals surface area contributed by atoms with Crippen molar-refractivity contribution in [2.75, 3.05) is 0 Å². The second kappa shape index (κ2) is 6.70. The zero-order valence-corrected chi connectivity index (χ0v) is 12.6. The van der Waals surface area contributed by atoms with Crippen LogP contribution in [0, 0.1) is 29.1 Å². The summed E-state index contributed by atoms with van der Waals surface area (Å²) < 4.78 is 94.2. The van der Waals surface area contributed by atoms with Crippen molar-refractivity contribution < 1.29 is 34.6 Å². The van der Waals surface area contributed by atoms with Gasteiger partial charge in [0.15, 0.2) is 23.3 Å². The SMILES string of the molecule is C=Cc1ccc(S(=O)(=O)OCc2c(F)c(F)c(F)c(F)c2F)cc1. The van der Waals surface area contributed by atoms with Crippen LogP contribution in [0.3, 0.4) is 0 Å². The fraction of sp³-hybridized carbons (Fsp3) is 0.0667. The Hall–Kier alpha value is -2.26. The Bertz CT molecular complexity index is 863. The van der Waals surface area contributed by atoms with Gasteiger partial charge in [0.05, 0.1) is 17.1 Å². The first-order valence-electron chi connectivity index (χ1n) is 6.31. The van der Waals surface area contributed by atoms with E-state index in [0.29, 0.717) is 5.56 Å². The molecule has 0 aliphatic rings. The molecule has 0 fully saturated rings. The molecule has 2 aromatic carbocycles. The van der Waals surface area contributed by atoms with Crippen LogP contribution >= 0.6 is 0 Å². The average Bonchev–Trinajstić information content (AvgIpc) is 2.58. The van der Waals surface area contributed by atoms with E-state index in [1.807, 2.05) is 0 Å². The van der Waals surface area contributed by atoms with E-state index in [-0.39, 0.29) is 4.90 Å². The first-order valence-corrected chi connectivity index (χ1v) is 7.72. The van der Waals surface area contributed by atoms with E-state index in [1.165, 1.54) is 18.2 Å². The van der Waals surface area contributed by atoms with Gasteiger partial charge >= 0.3 is 0 Å². The number of hydrogen-bond acceptors (Lipinski definition) is 3. The van der Waals surface area contributed by atoms with Gasteiger partial charge in [-0.15, -0.1) is 0 Å². The summed E-state index contributed by atoms with van der Waals surface area (Å²) in [5.41, 5.74) is -0.772. The lowest BCUT2D eigenvalue weighted by Crippen LogP contribution is -2.12. The predicted molar refractivity (Wildman–Crippen MR) is 74.7 cm³/mol. The Labute approximate surface area is 134 Å². The number of hydrogen-bond donors (Lipinski definition) is 0. The Morgan fingerprint density at radius 3 is 1.79 bits per heavy atom. The molecular weight excluding hydrogens is 355 g/mol. The maximum Gasteiger partial charge on any atom is 0.297 e. The molecule has 0 amide bonds. The summed E-state index contributed by atoms with van der Waals surface area (Å²) in [6.07, 6.45) is 1.45. The van der Waals surface area contributed by atoms with Crippen LogP contribution in [0.5, 0.6) is 0 Å². The molecule has 9 heteroatoms. The van der Waals surface area contributed by atoms with Gasteiger partial charge in [-0.05, 0) is 17.7 Å². The van der Waals surface area contributed by atoms with Gasteiger partial charge in [-0.25, -0.2) is 22.0 Å². The molecule has 0 N–H and O–H groups in total. The largest absolute Gasteiger partial charge is 0.297 e. The van der Waals surface area contributed by atoms with Crippen molar-refractivity contribution in [1.29, 1.82) is 0 Å². The summed E-state index contributed by atoms with van der Waals surface area (Å²) in [4.78, 5) is -0.350. The van der Waals surface area contributed by atoms with E-state index in [1.54, 1.807) is 0 Å². The lowest BCUT2D eigenvalue weighted by atomic mass is 10.2. The van der Waals surface area contributed by atoms with Crippen LogP contribution in [-0.4, -0.2) is 8.42 Å². The van der Waals surface area contributed by atoms with Gasteiger partial charge in [0.1, 0.15) is 0 Å². The van der Waals surface area contributed by atoms with Crippen molar-refractivity contribution in [3.63, 3.8) is 0 Å². The third kappa shape index (κ3) is 3.31. The van der Waals surface area contributed by atoms with Crippen LogP contribution in [0.2, 0.25) is 0 Å². The molecule has 0 saturated heterocycles. The van der Waals surface area contributed by atoms with Gasteiger partial charge in [-0.1, -0.05) is 24.8 Å². The lowest BCUT2D eigenvalue weighted by Gasteiger charge is -2.09. The highest BCUT2D eigenvalue weighted by Crippen LogP contribution is 2.25. The maximum absolute atomic E-state index is 13.5. The molecule has 128 valence electrons. The highest BCUT2D eigenvalue weighted by Gasteiger charge is 2.27. The molecular formula is C15H9F5O3S. The Kier molecular flexibility index (Phi) is 5.05. The molecule has 0 aliphatic carbocycles. The van der Waals surface area contributed by atoms with Crippen LogP contribution in [0.4, 0.5) is 22.0 Å². The lowest BCUT2D eigenvalue weighted by molar-refractivity contribution is 0.282. The molecule has 2 aromatic rings. The fourth-order valence-electron chi connectivity index (χ4n) is 1.75. The Morgan fingerprint density at radius 2 is 1.33 bits per heavy atom. The van der Waals surface area contributed by atoms with Gasteiger partial charge in [0, 0.05) is 0 Å². The molecule has 3 nitrogen and oxygen atoms in total. The first kappa shape index (κ1) is 18.1. The highest BCUT2D eigenvalue weighted by molar-refractivity contribution is 7.86. The molecule has 0 unspecified atom stereocenters. The quantitative estimate of drug-likeness (QED) is 0.349. The summed E-state index contributed by atoms with van der Waals surface area (Å²) in [6, 6.07) is 5.07. The third-order valence-electron chi connectivity index (χ3n) is 3.06. The predicted octanol–water partition coefficient (Wildman–Crippen LogP) is 3.93. The van der Waals surface area contributed by atoms with E-state index in [4.69, 9.17) is 0 Å². The van der Waals surface area contributed by atoms with E-state index in [0.717, 1.165) is 12.1 Å². The zero-order valence-electron chi connectivity index (χ0n) is 11.8. The zero-order chi connectivity index (χ0) is 18.1. The molecule has 0 atom stereocenters. The Morgan fingerprint density at radius 1 is 0.875 bits per heavy atom. The van der Waals surface area contributed by atoms with E-state index >= 15 is 0 Å². The second-order valence-corrected chi connectivity index (χ2v) is 6.15. The maximum atomic E-state index is 13.5. The van der Waals surface area contributed by atoms with Crippen LogP contribution < -0.4 is 0 Å². The minimum atomic E-state index is -4.46. The topological polar surface area (TPSA) is 43.4 Å². The smallest absolute Gasteiger partial charge is 0.261 e. The van der Waals surface area contributed by atoms with Crippen molar-refractivity contribution in [2.45, 2.75) is 11.5 Å². The molecule has 24 heavy (non-hydrogen) atoms. The van der Waals surface area contributed by atoms with Gasteiger partial charge in [0.25, 0.3) is 10.1 Å². The summed E-state index contributed by atoms with van der Waals surface area (Å²) in [7, 11) is -4.46. The summed E-state index contributed by atoms with van der Waals surface area (Å²) >= 11 is 0. The van der Waals surface area contributed by atoms with Crippen molar-refractivity contribution in [3.05, 3.63) is 71.1 Å². The molecule has 0 spiro atoms. The monoisotopic (exact) mass is 364 g/mol. The second-order valence-electron chi connectivity index (χ2n) is 4.54. The van der Waals surface area contributed by atoms with Gasteiger partial charge in [-0.3, -0.25) is 4.18 Å². The molecule has 0 radical (unpaired) electrons. The number of halogens is 5. The van der Waals surface area contributed by atoms with E-state index < -0.39 is 51.4 Å². The van der Waals surface area contributed by atoms with Gasteiger partial charge in [-0.2, -0.15) is 8.42 Å². The van der Waals surface area contributed by atoms with Gasteiger partial charge < -0.3 is 0 Å². The minimum absolute atomic E-state index is 0.350. The number of rotatable bonds is 5. The minimum Gasteiger partial charge on any atom is -0.261 e. The van der Waals surface area contributed by atoms with Crippen LogP contribution in [0.1, 0.15) is 11.1 Å². The molecule has 0 saturated carbocycles. The van der Waals surface area contributed by atoms with Crippen molar-refractivity contribution in [3.8, 4) is 0 Å². The van der Waals surface area contributed by atoms with Crippen LogP contribution in [-0.2, 0) is 20.9 Å². The highest BCUT2D eigenvalue weighted by atomic mass is 32.2. The number of benzene rings is 2. The fourth-order valence-corrected chi connectivity index (χ4v) is 2.63. The standard InChI is InChI=1S/C15H9F5O3S/c1-2-8-3-5-9(6-4-8)24(21,22)23-7-10-11(16)13(18)15(20)14(19)12(10)17/h2-6H,1,7H2. The van der Waals surface area contributed by atoms with E-state index in [9.17, 15) is 30.4 Å². The molecule has 0 aliphatic heterocycles. The molecule has 0 aromatic heterocycles. The molecule has 0 heterocycles. The molecule has 0 bridgehead atoms. The molecule has 2 rings (SSSR count). The van der Waals surface area contributed by atoms with Crippen LogP contribution in [0.25, 0.3) is 6.08 Å². The first-order chi connectivity index (χ1) is 11.2. The van der Waals surface area contributed by atoms with Crippen molar-refractivity contribution in [1.82, 2.24) is 0 Å². The van der Waals surface area contributed by atoms with Gasteiger partial charge in [0.2, 0.25) is 5.82 Å². The summed E-state index contributed by atoms with van der Waals surface area (Å²) in [5, 5.41) is 0. The van der Waals surface area contributed by atoms with Crippen LogP contribution in [0.15, 0.2) is 35.7 Å². The van der Waals surface area contributed by atoms with Crippen molar-refractivity contribution >= 4 is 16.2 Å².